The van der Waals surface area contributed by atoms with Crippen LogP contribution >= 0.6 is 23.4 Å². The van der Waals surface area contributed by atoms with Crippen LogP contribution in [0.1, 0.15) is 36.0 Å². The average molecular weight is 455 g/mol. The zero-order valence-electron chi connectivity index (χ0n) is 17.8. The summed E-state index contributed by atoms with van der Waals surface area (Å²) in [6.45, 7) is 2.55. The SMILES string of the molecule is Cc1cccc(/C=C2\SC3CCC(C(=O)NCc4ccc(Cl)cc4)CC3N(C)C2=O)c1. The summed E-state index contributed by atoms with van der Waals surface area (Å²) in [6, 6.07) is 15.8. The number of amides is 2. The van der Waals surface area contributed by atoms with Crippen molar-refractivity contribution in [1.82, 2.24) is 10.2 Å². The smallest absolute Gasteiger partial charge is 0.260 e. The van der Waals surface area contributed by atoms with Crippen molar-refractivity contribution >= 4 is 41.3 Å². The summed E-state index contributed by atoms with van der Waals surface area (Å²) in [5.74, 6) is 0.0574. The van der Waals surface area contributed by atoms with Crippen LogP contribution in [-0.4, -0.2) is 35.1 Å². The summed E-state index contributed by atoms with van der Waals surface area (Å²) in [5.41, 5.74) is 3.26. The van der Waals surface area contributed by atoms with E-state index in [0.29, 0.717) is 23.2 Å². The maximum absolute atomic E-state index is 13.0. The Kier molecular flexibility index (Phi) is 6.73. The van der Waals surface area contributed by atoms with Crippen molar-refractivity contribution in [2.45, 2.75) is 44.0 Å². The van der Waals surface area contributed by atoms with Crippen LogP contribution in [0.2, 0.25) is 5.02 Å². The lowest BCUT2D eigenvalue weighted by Gasteiger charge is -2.44. The largest absolute Gasteiger partial charge is 0.352 e. The van der Waals surface area contributed by atoms with Gasteiger partial charge in [0.05, 0.1) is 4.91 Å². The third-order valence-electron chi connectivity index (χ3n) is 6.15. The first kappa shape index (κ1) is 22.0. The van der Waals surface area contributed by atoms with E-state index in [1.807, 2.05) is 54.4 Å². The minimum atomic E-state index is -0.0632. The Bertz CT molecular complexity index is 1000. The van der Waals surface area contributed by atoms with Crippen LogP contribution in [0.15, 0.2) is 53.4 Å². The van der Waals surface area contributed by atoms with Gasteiger partial charge in [-0.05, 0) is 55.5 Å². The van der Waals surface area contributed by atoms with Crippen molar-refractivity contribution in [3.05, 3.63) is 75.1 Å². The van der Waals surface area contributed by atoms with Crippen molar-refractivity contribution in [3.63, 3.8) is 0 Å². The molecule has 0 aromatic heterocycles. The van der Waals surface area contributed by atoms with Gasteiger partial charge in [0.1, 0.15) is 0 Å². The van der Waals surface area contributed by atoms with Gasteiger partial charge in [0.15, 0.2) is 0 Å². The molecule has 0 bridgehead atoms. The molecule has 4 nitrogen and oxygen atoms in total. The summed E-state index contributed by atoms with van der Waals surface area (Å²) in [4.78, 5) is 28.4. The summed E-state index contributed by atoms with van der Waals surface area (Å²) >= 11 is 7.60. The number of nitrogens with one attached hydrogen (secondary N) is 1. The van der Waals surface area contributed by atoms with Crippen LogP contribution in [0.25, 0.3) is 6.08 Å². The monoisotopic (exact) mass is 454 g/mol. The van der Waals surface area contributed by atoms with Crippen LogP contribution in [0.4, 0.5) is 0 Å². The lowest BCUT2D eigenvalue weighted by molar-refractivity contribution is -0.132. The fourth-order valence-corrected chi connectivity index (χ4v) is 5.99. The number of likely N-dealkylation sites (N-methyl/N-ethyl adjacent to an activating group) is 1. The van der Waals surface area contributed by atoms with E-state index in [4.69, 9.17) is 11.6 Å². The first-order valence-corrected chi connectivity index (χ1v) is 11.9. The second-order valence-electron chi connectivity index (χ2n) is 8.42. The molecule has 1 saturated carbocycles. The fraction of sp³-hybridized carbons (Fsp3) is 0.360. The highest BCUT2D eigenvalue weighted by Gasteiger charge is 2.42. The Balaban J connectivity index is 1.39. The molecule has 0 radical (unpaired) electrons. The Hall–Kier alpha value is -2.24. The van der Waals surface area contributed by atoms with Gasteiger partial charge >= 0.3 is 0 Å². The summed E-state index contributed by atoms with van der Waals surface area (Å²) in [7, 11) is 1.87. The molecular formula is C25H27ClN2O2S. The predicted octanol–water partition coefficient (Wildman–Crippen LogP) is 5.05. The van der Waals surface area contributed by atoms with E-state index in [-0.39, 0.29) is 23.8 Å². The van der Waals surface area contributed by atoms with Gasteiger partial charge in [0.25, 0.3) is 5.91 Å². The quantitative estimate of drug-likeness (QED) is 0.658. The normalized spacial score (nSPS) is 24.7. The summed E-state index contributed by atoms with van der Waals surface area (Å²) in [5, 5.41) is 4.07. The van der Waals surface area contributed by atoms with E-state index in [9.17, 15) is 9.59 Å². The molecule has 3 atom stereocenters. The number of carbonyl (C=O) groups is 2. The highest BCUT2D eigenvalue weighted by atomic mass is 35.5. The van der Waals surface area contributed by atoms with Gasteiger partial charge in [-0.15, -0.1) is 11.8 Å². The minimum Gasteiger partial charge on any atom is -0.352 e. The van der Waals surface area contributed by atoms with Gasteiger partial charge in [-0.1, -0.05) is 53.6 Å². The minimum absolute atomic E-state index is 0.0509. The van der Waals surface area contributed by atoms with Gasteiger partial charge in [-0.25, -0.2) is 0 Å². The molecular weight excluding hydrogens is 428 g/mol. The number of halogens is 1. The standard InChI is InChI=1S/C25H27ClN2O2S/c1-16-4-3-5-18(12-16)13-23-25(30)28(2)21-14-19(8-11-22(21)31-23)24(29)27-15-17-6-9-20(26)10-7-17/h3-7,9-10,12-13,19,21-22H,8,11,14-15H2,1-2H3,(H,27,29)/b23-13-. The van der Waals surface area contributed by atoms with Gasteiger partial charge in [-0.3, -0.25) is 9.59 Å². The Morgan fingerprint density at radius 3 is 2.74 bits per heavy atom. The van der Waals surface area contributed by atoms with E-state index in [2.05, 4.69) is 24.4 Å². The number of rotatable bonds is 4. The number of carbonyl (C=O) groups excluding carboxylic acids is 2. The van der Waals surface area contributed by atoms with Crippen molar-refractivity contribution in [2.24, 2.45) is 5.92 Å². The molecule has 3 unspecified atom stereocenters. The first-order valence-electron chi connectivity index (χ1n) is 10.6. The second-order valence-corrected chi connectivity index (χ2v) is 10.1. The number of hydrogen-bond donors (Lipinski definition) is 1. The van der Waals surface area contributed by atoms with Crippen LogP contribution in [-0.2, 0) is 16.1 Å². The Morgan fingerprint density at radius 2 is 2.00 bits per heavy atom. The third kappa shape index (κ3) is 5.16. The topological polar surface area (TPSA) is 49.4 Å². The van der Waals surface area contributed by atoms with Crippen LogP contribution in [0.5, 0.6) is 0 Å². The molecule has 6 heteroatoms. The average Bonchev–Trinajstić information content (AvgIpc) is 2.76. The lowest BCUT2D eigenvalue weighted by Crippen LogP contribution is -2.52. The number of aryl methyl sites for hydroxylation is 1. The van der Waals surface area contributed by atoms with E-state index in [1.54, 1.807) is 11.8 Å². The van der Waals surface area contributed by atoms with Crippen molar-refractivity contribution in [3.8, 4) is 0 Å². The molecule has 1 N–H and O–H groups in total. The Labute approximate surface area is 193 Å². The zero-order chi connectivity index (χ0) is 22.0. The number of hydrogen-bond acceptors (Lipinski definition) is 3. The summed E-state index contributed by atoms with van der Waals surface area (Å²) in [6.07, 6.45) is 4.49. The molecule has 2 amide bonds. The molecule has 2 aromatic rings. The molecule has 2 aromatic carbocycles. The zero-order valence-corrected chi connectivity index (χ0v) is 19.4. The molecule has 1 aliphatic heterocycles. The highest BCUT2D eigenvalue weighted by molar-refractivity contribution is 8.04. The van der Waals surface area contributed by atoms with Gasteiger partial charge in [0.2, 0.25) is 5.91 Å². The molecule has 0 spiro atoms. The van der Waals surface area contributed by atoms with E-state index in [0.717, 1.165) is 28.9 Å². The molecule has 162 valence electrons. The predicted molar refractivity (Wildman–Crippen MR) is 128 cm³/mol. The Morgan fingerprint density at radius 1 is 1.23 bits per heavy atom. The number of benzene rings is 2. The molecule has 4 rings (SSSR count). The van der Waals surface area contributed by atoms with Crippen molar-refractivity contribution in [2.75, 3.05) is 7.05 Å². The summed E-state index contributed by atoms with van der Waals surface area (Å²) < 4.78 is 0. The molecule has 1 saturated heterocycles. The van der Waals surface area contributed by atoms with Gasteiger partial charge < -0.3 is 10.2 Å². The van der Waals surface area contributed by atoms with E-state index >= 15 is 0 Å². The molecule has 31 heavy (non-hydrogen) atoms. The van der Waals surface area contributed by atoms with E-state index in [1.165, 1.54) is 5.56 Å². The maximum atomic E-state index is 13.0. The second kappa shape index (κ2) is 9.49. The fourth-order valence-electron chi connectivity index (χ4n) is 4.38. The molecule has 1 aliphatic carbocycles. The maximum Gasteiger partial charge on any atom is 0.260 e. The third-order valence-corrected chi connectivity index (χ3v) is 7.80. The van der Waals surface area contributed by atoms with Crippen molar-refractivity contribution < 1.29 is 9.59 Å². The highest BCUT2D eigenvalue weighted by Crippen LogP contribution is 2.43. The van der Waals surface area contributed by atoms with Crippen LogP contribution < -0.4 is 5.32 Å². The van der Waals surface area contributed by atoms with Gasteiger partial charge in [0, 0.05) is 35.8 Å². The molecule has 1 heterocycles. The lowest BCUT2D eigenvalue weighted by atomic mass is 9.83. The molecule has 2 aliphatic rings. The van der Waals surface area contributed by atoms with Crippen LogP contribution in [0.3, 0.4) is 0 Å². The van der Waals surface area contributed by atoms with Crippen LogP contribution in [0, 0.1) is 12.8 Å². The number of thioether (sulfide) groups is 1. The molecule has 2 fully saturated rings. The number of nitrogens with zero attached hydrogens (tertiary/aromatic N) is 1. The van der Waals surface area contributed by atoms with Crippen molar-refractivity contribution in [1.29, 1.82) is 0 Å². The van der Waals surface area contributed by atoms with E-state index < -0.39 is 0 Å². The van der Waals surface area contributed by atoms with Gasteiger partial charge in [-0.2, -0.15) is 0 Å². The first-order chi connectivity index (χ1) is 14.9. The number of fused-ring (bicyclic) bond motifs is 1.